The number of ether oxygens (including phenoxy) is 1. The van der Waals surface area contributed by atoms with Gasteiger partial charge in [0.2, 0.25) is 0 Å². The van der Waals surface area contributed by atoms with Crippen LogP contribution in [0.5, 0.6) is 5.75 Å². The molecule has 32 heavy (non-hydrogen) atoms. The van der Waals surface area contributed by atoms with E-state index in [1.807, 2.05) is 26.0 Å². The van der Waals surface area contributed by atoms with Crippen molar-refractivity contribution < 1.29 is 4.74 Å². The molecule has 0 bridgehead atoms. The molecule has 2 aromatic heterocycles. The predicted molar refractivity (Wildman–Crippen MR) is 132 cm³/mol. The highest BCUT2D eigenvalue weighted by Crippen LogP contribution is 2.35. The molecule has 0 saturated heterocycles. The lowest BCUT2D eigenvalue weighted by Gasteiger charge is -2.11. The summed E-state index contributed by atoms with van der Waals surface area (Å²) in [7, 11) is 1.68. The fourth-order valence-electron chi connectivity index (χ4n) is 3.67. The minimum atomic E-state index is 0.788. The summed E-state index contributed by atoms with van der Waals surface area (Å²) < 4.78 is 7.42. The predicted octanol–water partition coefficient (Wildman–Crippen LogP) is 6.46. The number of aryl methyl sites for hydroxylation is 2. The summed E-state index contributed by atoms with van der Waals surface area (Å²) in [6, 6.07) is 23.0. The van der Waals surface area contributed by atoms with Crippen molar-refractivity contribution in [2.75, 3.05) is 7.11 Å². The van der Waals surface area contributed by atoms with Crippen LogP contribution < -0.4 is 4.74 Å². The quantitative estimate of drug-likeness (QED) is 0.273. The van der Waals surface area contributed by atoms with Crippen LogP contribution in [-0.4, -0.2) is 26.9 Å². The Kier molecular flexibility index (Phi) is 5.68. The van der Waals surface area contributed by atoms with E-state index in [0.717, 1.165) is 43.7 Å². The standard InChI is InChI=1S/C25H22N4OS2/c1-16-23(32-17(2)26-16)24-27-28-25(31-15-18-8-12-22(30-3)13-9-18)29(24)21-11-10-19-6-4-5-7-20(19)14-21/h4-14H,15H2,1-3H3. The monoisotopic (exact) mass is 458 g/mol. The van der Waals surface area contributed by atoms with Crippen molar-refractivity contribution >= 4 is 33.9 Å². The number of thiazole rings is 1. The third-order valence-electron chi connectivity index (χ3n) is 5.26. The van der Waals surface area contributed by atoms with Gasteiger partial charge in [-0.1, -0.05) is 54.2 Å². The van der Waals surface area contributed by atoms with Crippen LogP contribution >= 0.6 is 23.1 Å². The van der Waals surface area contributed by atoms with Gasteiger partial charge in [0, 0.05) is 5.75 Å². The summed E-state index contributed by atoms with van der Waals surface area (Å²) in [5.74, 6) is 2.48. The molecule has 0 N–H and O–H groups in total. The SMILES string of the molecule is COc1ccc(CSc2nnc(-c3sc(C)nc3C)n2-c2ccc3ccccc3c2)cc1. The van der Waals surface area contributed by atoms with Crippen molar-refractivity contribution in [2.24, 2.45) is 0 Å². The van der Waals surface area contributed by atoms with Crippen LogP contribution in [0.15, 0.2) is 71.9 Å². The molecule has 0 aliphatic carbocycles. The van der Waals surface area contributed by atoms with Gasteiger partial charge in [0.25, 0.3) is 0 Å². The van der Waals surface area contributed by atoms with Crippen molar-refractivity contribution in [3.05, 3.63) is 83.0 Å². The Labute approximate surface area is 195 Å². The van der Waals surface area contributed by atoms with Crippen LogP contribution in [0.1, 0.15) is 16.3 Å². The minimum absolute atomic E-state index is 0.788. The van der Waals surface area contributed by atoms with Gasteiger partial charge in [-0.15, -0.1) is 21.5 Å². The molecule has 7 heteroatoms. The van der Waals surface area contributed by atoms with Crippen molar-refractivity contribution in [3.8, 4) is 22.1 Å². The molecule has 5 rings (SSSR count). The fourth-order valence-corrected chi connectivity index (χ4v) is 5.47. The van der Waals surface area contributed by atoms with Gasteiger partial charge < -0.3 is 4.74 Å². The average Bonchev–Trinajstić information content (AvgIpc) is 3.39. The zero-order valence-electron chi connectivity index (χ0n) is 18.1. The molecule has 0 atom stereocenters. The Balaban J connectivity index is 1.57. The minimum Gasteiger partial charge on any atom is -0.497 e. The summed E-state index contributed by atoms with van der Waals surface area (Å²) in [5, 5.41) is 13.5. The lowest BCUT2D eigenvalue weighted by Crippen LogP contribution is -2.00. The topological polar surface area (TPSA) is 52.8 Å². The molecule has 0 amide bonds. The molecule has 0 aliphatic rings. The number of fused-ring (bicyclic) bond motifs is 1. The first-order chi connectivity index (χ1) is 15.6. The highest BCUT2D eigenvalue weighted by atomic mass is 32.2. The molecule has 3 aromatic carbocycles. The molecule has 0 unspecified atom stereocenters. The normalized spacial score (nSPS) is 11.2. The largest absolute Gasteiger partial charge is 0.497 e. The number of methoxy groups -OCH3 is 1. The second-order valence-electron chi connectivity index (χ2n) is 7.46. The van der Waals surface area contributed by atoms with Crippen molar-refractivity contribution in [3.63, 3.8) is 0 Å². The number of nitrogens with zero attached hydrogens (tertiary/aromatic N) is 4. The van der Waals surface area contributed by atoms with Crippen LogP contribution in [0.25, 0.3) is 27.2 Å². The highest BCUT2D eigenvalue weighted by Gasteiger charge is 2.20. The second-order valence-corrected chi connectivity index (χ2v) is 9.60. The van der Waals surface area contributed by atoms with Crippen LogP contribution in [0.4, 0.5) is 0 Å². The third kappa shape index (κ3) is 4.01. The van der Waals surface area contributed by atoms with E-state index in [9.17, 15) is 0 Å². The van der Waals surface area contributed by atoms with Crippen LogP contribution in [0, 0.1) is 13.8 Å². The molecule has 0 radical (unpaired) electrons. The Morgan fingerprint density at radius 2 is 1.72 bits per heavy atom. The van der Waals surface area contributed by atoms with E-state index in [0.29, 0.717) is 0 Å². The van der Waals surface area contributed by atoms with E-state index in [4.69, 9.17) is 4.74 Å². The molecule has 2 heterocycles. The van der Waals surface area contributed by atoms with Gasteiger partial charge in [-0.25, -0.2) is 4.98 Å². The zero-order chi connectivity index (χ0) is 22.1. The lowest BCUT2D eigenvalue weighted by molar-refractivity contribution is 0.414. The van der Waals surface area contributed by atoms with E-state index in [-0.39, 0.29) is 0 Å². The number of rotatable bonds is 6. The molecular weight excluding hydrogens is 436 g/mol. The first-order valence-electron chi connectivity index (χ1n) is 10.3. The number of aromatic nitrogens is 4. The van der Waals surface area contributed by atoms with E-state index in [2.05, 4.69) is 74.3 Å². The summed E-state index contributed by atoms with van der Waals surface area (Å²) in [4.78, 5) is 5.67. The van der Waals surface area contributed by atoms with Gasteiger partial charge >= 0.3 is 0 Å². The van der Waals surface area contributed by atoms with E-state index < -0.39 is 0 Å². The molecule has 5 nitrogen and oxygen atoms in total. The third-order valence-corrected chi connectivity index (χ3v) is 7.33. The summed E-state index contributed by atoms with van der Waals surface area (Å²) in [5.41, 5.74) is 3.23. The van der Waals surface area contributed by atoms with Gasteiger partial charge in [0.15, 0.2) is 11.0 Å². The van der Waals surface area contributed by atoms with Crippen LogP contribution in [-0.2, 0) is 5.75 Å². The fraction of sp³-hybridized carbons (Fsp3) is 0.160. The summed E-state index contributed by atoms with van der Waals surface area (Å²) in [6.45, 7) is 4.06. The van der Waals surface area contributed by atoms with Crippen molar-refractivity contribution in [1.29, 1.82) is 0 Å². The number of hydrogen-bond donors (Lipinski definition) is 0. The molecule has 0 aliphatic heterocycles. The van der Waals surface area contributed by atoms with Crippen LogP contribution in [0.2, 0.25) is 0 Å². The maximum Gasteiger partial charge on any atom is 0.196 e. The number of benzene rings is 3. The van der Waals surface area contributed by atoms with Crippen LogP contribution in [0.3, 0.4) is 0 Å². The highest BCUT2D eigenvalue weighted by molar-refractivity contribution is 7.98. The molecule has 5 aromatic rings. The first-order valence-corrected chi connectivity index (χ1v) is 12.1. The molecule has 160 valence electrons. The smallest absolute Gasteiger partial charge is 0.196 e. The summed E-state index contributed by atoms with van der Waals surface area (Å²) in [6.07, 6.45) is 0. The van der Waals surface area contributed by atoms with E-state index in [1.165, 1.54) is 16.3 Å². The number of thioether (sulfide) groups is 1. The first kappa shape index (κ1) is 20.7. The Hall–Kier alpha value is -3.16. The lowest BCUT2D eigenvalue weighted by atomic mass is 10.1. The van der Waals surface area contributed by atoms with E-state index >= 15 is 0 Å². The summed E-state index contributed by atoms with van der Waals surface area (Å²) >= 11 is 3.33. The van der Waals surface area contributed by atoms with Gasteiger partial charge in [0.1, 0.15) is 5.75 Å². The average molecular weight is 459 g/mol. The van der Waals surface area contributed by atoms with E-state index in [1.54, 1.807) is 30.2 Å². The molecule has 0 saturated carbocycles. The van der Waals surface area contributed by atoms with Gasteiger partial charge in [-0.3, -0.25) is 4.57 Å². The molecule has 0 spiro atoms. The van der Waals surface area contributed by atoms with Gasteiger partial charge in [-0.05, 0) is 54.4 Å². The maximum atomic E-state index is 5.27. The number of hydrogen-bond acceptors (Lipinski definition) is 6. The zero-order valence-corrected chi connectivity index (χ0v) is 19.7. The van der Waals surface area contributed by atoms with Crippen molar-refractivity contribution in [1.82, 2.24) is 19.7 Å². The maximum absolute atomic E-state index is 5.27. The Morgan fingerprint density at radius 3 is 2.44 bits per heavy atom. The second kappa shape index (κ2) is 8.76. The Bertz CT molecular complexity index is 1390. The van der Waals surface area contributed by atoms with Gasteiger partial charge in [0.05, 0.1) is 28.4 Å². The van der Waals surface area contributed by atoms with Crippen molar-refractivity contribution in [2.45, 2.75) is 24.8 Å². The Morgan fingerprint density at radius 1 is 0.938 bits per heavy atom. The molecular formula is C25H22N4OS2. The molecule has 0 fully saturated rings. The van der Waals surface area contributed by atoms with Gasteiger partial charge in [-0.2, -0.15) is 0 Å².